The van der Waals surface area contributed by atoms with Gasteiger partial charge in [-0.3, -0.25) is 4.79 Å². The van der Waals surface area contributed by atoms with Crippen molar-refractivity contribution >= 4 is 17.4 Å². The van der Waals surface area contributed by atoms with Crippen LogP contribution >= 0.6 is 0 Å². The van der Waals surface area contributed by atoms with Crippen molar-refractivity contribution in [2.45, 2.75) is 6.92 Å². The Bertz CT molecular complexity index is 585. The Morgan fingerprint density at radius 3 is 2.59 bits per heavy atom. The van der Waals surface area contributed by atoms with Crippen LogP contribution in [0.15, 0.2) is 48.7 Å². The quantitative estimate of drug-likeness (QED) is 0.799. The average Bonchev–Trinajstić information content (AvgIpc) is 2.57. The van der Waals surface area contributed by atoms with E-state index in [1.807, 2.05) is 36.4 Å². The molecule has 0 unspecified atom stereocenters. The fourth-order valence-corrected chi connectivity index (χ4v) is 2.13. The van der Waals surface area contributed by atoms with Crippen LogP contribution in [0.3, 0.4) is 0 Å². The van der Waals surface area contributed by atoms with Crippen molar-refractivity contribution in [3.05, 3.63) is 54.2 Å². The monoisotopic (exact) mass is 299 g/mol. The molecule has 0 saturated heterocycles. The Balaban J connectivity index is 2.09. The number of anilines is 2. The molecule has 0 radical (unpaired) electrons. The molecule has 1 N–H and O–H groups in total. The van der Waals surface area contributed by atoms with Gasteiger partial charge in [0.2, 0.25) is 0 Å². The summed E-state index contributed by atoms with van der Waals surface area (Å²) in [6.45, 7) is 3.85. The maximum atomic E-state index is 11.9. The number of amides is 1. The number of carbonyl (C=O) groups is 1. The summed E-state index contributed by atoms with van der Waals surface area (Å²) >= 11 is 0. The number of para-hydroxylation sites is 1. The molecule has 116 valence electrons. The lowest BCUT2D eigenvalue weighted by Crippen LogP contribution is -2.27. The zero-order chi connectivity index (χ0) is 15.8. The number of carbonyl (C=O) groups excluding carboxylic acids is 1. The zero-order valence-corrected chi connectivity index (χ0v) is 13.0. The predicted molar refractivity (Wildman–Crippen MR) is 87.6 cm³/mol. The molecule has 0 saturated carbocycles. The van der Waals surface area contributed by atoms with E-state index in [1.165, 1.54) is 0 Å². The highest BCUT2D eigenvalue weighted by atomic mass is 16.5. The SMILES string of the molecule is CCN(c1ccccc1)c1ccc(C(=O)NCCOC)cn1. The Morgan fingerprint density at radius 1 is 1.23 bits per heavy atom. The zero-order valence-electron chi connectivity index (χ0n) is 13.0. The molecule has 1 aromatic heterocycles. The summed E-state index contributed by atoms with van der Waals surface area (Å²) in [4.78, 5) is 18.4. The van der Waals surface area contributed by atoms with Gasteiger partial charge in [0.15, 0.2) is 0 Å². The first kappa shape index (κ1) is 16.0. The van der Waals surface area contributed by atoms with E-state index in [4.69, 9.17) is 4.74 Å². The number of aromatic nitrogens is 1. The number of nitrogens with zero attached hydrogens (tertiary/aromatic N) is 2. The predicted octanol–water partition coefficient (Wildman–Crippen LogP) is 2.62. The van der Waals surface area contributed by atoms with Gasteiger partial charge in [-0.25, -0.2) is 4.98 Å². The Kier molecular flexibility index (Phi) is 5.91. The summed E-state index contributed by atoms with van der Waals surface area (Å²) in [6.07, 6.45) is 1.60. The van der Waals surface area contributed by atoms with Gasteiger partial charge in [0.25, 0.3) is 5.91 Å². The lowest BCUT2D eigenvalue weighted by molar-refractivity contribution is 0.0937. The smallest absolute Gasteiger partial charge is 0.252 e. The van der Waals surface area contributed by atoms with Crippen LogP contribution in [0, 0.1) is 0 Å². The van der Waals surface area contributed by atoms with E-state index in [9.17, 15) is 4.79 Å². The molecule has 0 spiro atoms. The van der Waals surface area contributed by atoms with E-state index >= 15 is 0 Å². The topological polar surface area (TPSA) is 54.5 Å². The summed E-state index contributed by atoms with van der Waals surface area (Å²) < 4.78 is 4.91. The molecule has 2 aromatic rings. The van der Waals surface area contributed by atoms with Gasteiger partial charge in [-0.15, -0.1) is 0 Å². The van der Waals surface area contributed by atoms with Crippen molar-refractivity contribution in [2.24, 2.45) is 0 Å². The van der Waals surface area contributed by atoms with Gasteiger partial charge < -0.3 is 15.0 Å². The number of nitrogens with one attached hydrogen (secondary N) is 1. The summed E-state index contributed by atoms with van der Waals surface area (Å²) in [6, 6.07) is 13.7. The molecule has 0 aliphatic carbocycles. The second-order valence-electron chi connectivity index (χ2n) is 4.73. The standard InChI is InChI=1S/C17H21N3O2/c1-3-20(15-7-5-4-6-8-15)16-10-9-14(13-19-16)17(21)18-11-12-22-2/h4-10,13H,3,11-12H2,1-2H3,(H,18,21). The molecule has 0 atom stereocenters. The third-order valence-electron chi connectivity index (χ3n) is 3.26. The molecule has 0 aliphatic heterocycles. The van der Waals surface area contributed by atoms with E-state index in [-0.39, 0.29) is 5.91 Å². The minimum atomic E-state index is -0.140. The van der Waals surface area contributed by atoms with Gasteiger partial charge in [-0.1, -0.05) is 18.2 Å². The molecule has 5 nitrogen and oxygen atoms in total. The van der Waals surface area contributed by atoms with Gasteiger partial charge in [0.1, 0.15) is 5.82 Å². The minimum absolute atomic E-state index is 0.140. The van der Waals surface area contributed by atoms with E-state index in [2.05, 4.69) is 22.1 Å². The average molecular weight is 299 g/mol. The molecule has 1 aromatic carbocycles. The molecule has 0 bridgehead atoms. The highest BCUT2D eigenvalue weighted by Gasteiger charge is 2.10. The first-order chi connectivity index (χ1) is 10.8. The number of hydrogen-bond donors (Lipinski definition) is 1. The van der Waals surface area contributed by atoms with E-state index in [1.54, 1.807) is 19.4 Å². The molecule has 0 aliphatic rings. The van der Waals surface area contributed by atoms with Crippen LogP contribution < -0.4 is 10.2 Å². The first-order valence-corrected chi connectivity index (χ1v) is 7.32. The normalized spacial score (nSPS) is 10.3. The Labute approximate surface area is 130 Å². The highest BCUT2D eigenvalue weighted by Crippen LogP contribution is 2.22. The lowest BCUT2D eigenvalue weighted by Gasteiger charge is -2.22. The summed E-state index contributed by atoms with van der Waals surface area (Å²) in [5.74, 6) is 0.681. The van der Waals surface area contributed by atoms with Crippen molar-refractivity contribution < 1.29 is 9.53 Å². The van der Waals surface area contributed by atoms with Gasteiger partial charge in [0.05, 0.1) is 12.2 Å². The fraction of sp³-hybridized carbons (Fsp3) is 0.294. The second kappa shape index (κ2) is 8.14. The van der Waals surface area contributed by atoms with E-state index < -0.39 is 0 Å². The number of pyridine rings is 1. The van der Waals surface area contributed by atoms with E-state index in [0.717, 1.165) is 18.1 Å². The van der Waals surface area contributed by atoms with Crippen molar-refractivity contribution in [2.75, 3.05) is 31.7 Å². The van der Waals surface area contributed by atoms with Crippen LogP contribution in [0.5, 0.6) is 0 Å². The first-order valence-electron chi connectivity index (χ1n) is 7.32. The molecule has 1 amide bonds. The van der Waals surface area contributed by atoms with Crippen LogP contribution in [0.4, 0.5) is 11.5 Å². The third-order valence-corrected chi connectivity index (χ3v) is 3.26. The number of rotatable bonds is 7. The maximum absolute atomic E-state index is 11.9. The Morgan fingerprint density at radius 2 is 2.00 bits per heavy atom. The van der Waals surface area contributed by atoms with Gasteiger partial charge in [0, 0.05) is 32.1 Å². The van der Waals surface area contributed by atoms with Crippen LogP contribution in [0.2, 0.25) is 0 Å². The van der Waals surface area contributed by atoms with Gasteiger partial charge in [-0.2, -0.15) is 0 Å². The van der Waals surface area contributed by atoms with Crippen molar-refractivity contribution in [3.63, 3.8) is 0 Å². The molecule has 2 rings (SSSR count). The van der Waals surface area contributed by atoms with Crippen LogP contribution in [-0.2, 0) is 4.74 Å². The van der Waals surface area contributed by atoms with Crippen molar-refractivity contribution in [3.8, 4) is 0 Å². The third kappa shape index (κ3) is 4.05. The van der Waals surface area contributed by atoms with Gasteiger partial charge in [-0.05, 0) is 31.2 Å². The molecule has 0 fully saturated rings. The molecule has 5 heteroatoms. The highest BCUT2D eigenvalue weighted by molar-refractivity contribution is 5.94. The lowest BCUT2D eigenvalue weighted by atomic mass is 10.2. The summed E-state index contributed by atoms with van der Waals surface area (Å²) in [5, 5.41) is 2.78. The Hall–Kier alpha value is -2.40. The van der Waals surface area contributed by atoms with Crippen LogP contribution in [0.1, 0.15) is 17.3 Å². The fourth-order valence-electron chi connectivity index (χ4n) is 2.13. The van der Waals surface area contributed by atoms with Crippen molar-refractivity contribution in [1.82, 2.24) is 10.3 Å². The molecular formula is C17H21N3O2. The van der Waals surface area contributed by atoms with E-state index in [0.29, 0.717) is 18.7 Å². The number of benzene rings is 1. The van der Waals surface area contributed by atoms with Gasteiger partial charge >= 0.3 is 0 Å². The number of methoxy groups -OCH3 is 1. The minimum Gasteiger partial charge on any atom is -0.383 e. The summed E-state index contributed by atoms with van der Waals surface area (Å²) in [5.41, 5.74) is 1.62. The summed E-state index contributed by atoms with van der Waals surface area (Å²) in [7, 11) is 1.60. The maximum Gasteiger partial charge on any atom is 0.252 e. The molecular weight excluding hydrogens is 278 g/mol. The number of hydrogen-bond acceptors (Lipinski definition) is 4. The van der Waals surface area contributed by atoms with Crippen LogP contribution in [0.25, 0.3) is 0 Å². The second-order valence-corrected chi connectivity index (χ2v) is 4.73. The molecule has 22 heavy (non-hydrogen) atoms. The van der Waals surface area contributed by atoms with Crippen molar-refractivity contribution in [1.29, 1.82) is 0 Å². The number of ether oxygens (including phenoxy) is 1. The molecule has 1 heterocycles. The van der Waals surface area contributed by atoms with Crippen LogP contribution in [-0.4, -0.2) is 37.7 Å². The largest absolute Gasteiger partial charge is 0.383 e.